The van der Waals surface area contributed by atoms with Gasteiger partial charge in [0.2, 0.25) is 16.8 Å². The monoisotopic (exact) mass is 432 g/mol. The Morgan fingerprint density at radius 1 is 1.07 bits per heavy atom. The second kappa shape index (κ2) is 8.45. The number of ether oxygens (including phenoxy) is 2. The molecule has 2 aromatic carbocycles. The van der Waals surface area contributed by atoms with E-state index in [0.29, 0.717) is 38.2 Å². The van der Waals surface area contributed by atoms with Crippen LogP contribution in [0.3, 0.4) is 0 Å². The molecule has 1 aliphatic rings. The summed E-state index contributed by atoms with van der Waals surface area (Å²) >= 11 is 0. The maximum Gasteiger partial charge on any atom is 0.295 e. The first-order valence-electron chi connectivity index (χ1n) is 9.54. The van der Waals surface area contributed by atoms with E-state index in [1.807, 2.05) is 24.4 Å². The molecule has 0 bridgehead atoms. The molecule has 0 saturated carbocycles. The fourth-order valence-electron chi connectivity index (χ4n) is 3.85. The molecule has 9 heteroatoms. The van der Waals surface area contributed by atoms with Crippen molar-refractivity contribution in [3.05, 3.63) is 60.5 Å². The van der Waals surface area contributed by atoms with Crippen molar-refractivity contribution >= 4 is 27.4 Å². The van der Waals surface area contributed by atoms with Crippen LogP contribution >= 0.6 is 0 Å². The Morgan fingerprint density at radius 3 is 2.50 bits per heavy atom. The van der Waals surface area contributed by atoms with Crippen LogP contribution in [0.5, 0.6) is 5.75 Å². The maximum atomic E-state index is 13.1. The van der Waals surface area contributed by atoms with Gasteiger partial charge in [0, 0.05) is 30.7 Å². The van der Waals surface area contributed by atoms with Crippen LogP contribution in [0.25, 0.3) is 10.9 Å². The molecular formula is C21H21FN2O5S. The van der Waals surface area contributed by atoms with E-state index in [9.17, 15) is 17.6 Å². The molecule has 1 aromatic heterocycles. The molecule has 0 radical (unpaired) electrons. The van der Waals surface area contributed by atoms with E-state index in [1.54, 1.807) is 6.07 Å². The van der Waals surface area contributed by atoms with Crippen LogP contribution in [0.15, 0.2) is 59.6 Å². The van der Waals surface area contributed by atoms with Crippen molar-refractivity contribution in [1.82, 2.24) is 8.87 Å². The number of rotatable bonds is 7. The van der Waals surface area contributed by atoms with Crippen LogP contribution in [0, 0.1) is 5.82 Å². The van der Waals surface area contributed by atoms with Gasteiger partial charge in [-0.3, -0.25) is 4.79 Å². The predicted octanol–water partition coefficient (Wildman–Crippen LogP) is 3.32. The third kappa shape index (κ3) is 3.90. The highest BCUT2D eigenvalue weighted by molar-refractivity contribution is 7.89. The lowest BCUT2D eigenvalue weighted by Gasteiger charge is -2.32. The molecule has 0 N–H and O–H groups in total. The Morgan fingerprint density at radius 2 is 1.80 bits per heavy atom. The largest absolute Gasteiger partial charge is 0.457 e. The Bertz CT molecular complexity index is 1140. The molecule has 1 aliphatic heterocycles. The zero-order chi connectivity index (χ0) is 21.1. The molecule has 7 nitrogen and oxygen atoms in total. The standard InChI is InChI=1S/C21H21FN2O5S/c22-16-4-6-18(7-5-16)30(26,27)23-11-8-17(9-12-23)24-13-10-19-20(24)2-1-3-21(19)29-15-28-14-25/h1-7,10,13-14,17H,8-9,11-12,15H2. The van der Waals surface area contributed by atoms with E-state index < -0.39 is 15.8 Å². The minimum absolute atomic E-state index is 0.105. The van der Waals surface area contributed by atoms with E-state index >= 15 is 0 Å². The molecule has 158 valence electrons. The van der Waals surface area contributed by atoms with Gasteiger partial charge in [-0.05, 0) is 55.3 Å². The summed E-state index contributed by atoms with van der Waals surface area (Å²) in [6.45, 7) is 0.938. The van der Waals surface area contributed by atoms with Crippen molar-refractivity contribution < 1.29 is 27.1 Å². The number of nitrogens with zero attached hydrogens (tertiary/aromatic N) is 2. The van der Waals surface area contributed by atoms with Gasteiger partial charge in [-0.1, -0.05) is 6.07 Å². The van der Waals surface area contributed by atoms with Crippen molar-refractivity contribution in [2.24, 2.45) is 0 Å². The van der Waals surface area contributed by atoms with Crippen LogP contribution < -0.4 is 4.74 Å². The number of hydrogen-bond acceptors (Lipinski definition) is 5. The Kier molecular flexibility index (Phi) is 5.74. The molecular weight excluding hydrogens is 411 g/mol. The smallest absolute Gasteiger partial charge is 0.295 e. The number of halogens is 1. The van der Waals surface area contributed by atoms with Crippen LogP contribution in [0.4, 0.5) is 4.39 Å². The van der Waals surface area contributed by atoms with Gasteiger partial charge in [-0.25, -0.2) is 12.8 Å². The van der Waals surface area contributed by atoms with Gasteiger partial charge in [0.25, 0.3) is 6.47 Å². The second-order valence-electron chi connectivity index (χ2n) is 7.03. The first-order chi connectivity index (χ1) is 14.5. The fraction of sp³-hybridized carbons (Fsp3) is 0.286. The highest BCUT2D eigenvalue weighted by Crippen LogP contribution is 2.33. The van der Waals surface area contributed by atoms with Gasteiger partial charge >= 0.3 is 0 Å². The van der Waals surface area contributed by atoms with Gasteiger partial charge in [-0.2, -0.15) is 4.31 Å². The molecule has 0 spiro atoms. The first-order valence-corrected chi connectivity index (χ1v) is 11.0. The molecule has 0 aliphatic carbocycles. The molecule has 3 aromatic rings. The third-order valence-electron chi connectivity index (χ3n) is 5.34. The topological polar surface area (TPSA) is 77.8 Å². The molecule has 2 heterocycles. The van der Waals surface area contributed by atoms with Crippen molar-refractivity contribution in [3.8, 4) is 5.75 Å². The minimum Gasteiger partial charge on any atom is -0.457 e. The van der Waals surface area contributed by atoms with E-state index in [4.69, 9.17) is 4.74 Å². The zero-order valence-corrected chi connectivity index (χ0v) is 16.9. The summed E-state index contributed by atoms with van der Waals surface area (Å²) in [5.74, 6) is 0.151. The lowest BCUT2D eigenvalue weighted by atomic mass is 10.1. The zero-order valence-electron chi connectivity index (χ0n) is 16.1. The van der Waals surface area contributed by atoms with Gasteiger partial charge in [0.1, 0.15) is 11.6 Å². The normalized spacial score (nSPS) is 15.9. The maximum absolute atomic E-state index is 13.1. The fourth-order valence-corrected chi connectivity index (χ4v) is 5.32. The van der Waals surface area contributed by atoms with Crippen molar-refractivity contribution in [2.75, 3.05) is 19.9 Å². The summed E-state index contributed by atoms with van der Waals surface area (Å²) in [5.41, 5.74) is 0.971. The van der Waals surface area contributed by atoms with E-state index in [-0.39, 0.29) is 17.7 Å². The van der Waals surface area contributed by atoms with E-state index in [2.05, 4.69) is 9.30 Å². The number of carbonyl (C=O) groups is 1. The summed E-state index contributed by atoms with van der Waals surface area (Å²) in [6, 6.07) is 12.6. The van der Waals surface area contributed by atoms with E-state index in [1.165, 1.54) is 16.4 Å². The van der Waals surface area contributed by atoms with Crippen LogP contribution in [-0.4, -0.2) is 43.6 Å². The minimum atomic E-state index is -3.64. The lowest BCUT2D eigenvalue weighted by molar-refractivity contribution is -0.134. The molecule has 1 saturated heterocycles. The molecule has 1 fully saturated rings. The number of fused-ring (bicyclic) bond motifs is 1. The highest BCUT2D eigenvalue weighted by atomic mass is 32.2. The van der Waals surface area contributed by atoms with E-state index in [0.717, 1.165) is 23.0 Å². The van der Waals surface area contributed by atoms with Crippen LogP contribution in [0.1, 0.15) is 18.9 Å². The SMILES string of the molecule is O=COCOc1cccc2c1ccn2C1CCN(S(=O)(=O)c2ccc(F)cc2)CC1. The summed E-state index contributed by atoms with van der Waals surface area (Å²) in [5, 5.41) is 0.897. The van der Waals surface area contributed by atoms with Crippen LogP contribution in [0.2, 0.25) is 0 Å². The Balaban J connectivity index is 1.49. The van der Waals surface area contributed by atoms with Crippen molar-refractivity contribution in [2.45, 2.75) is 23.8 Å². The number of piperidine rings is 1. The number of carbonyl (C=O) groups excluding carboxylic acids is 1. The number of hydrogen-bond donors (Lipinski definition) is 0. The number of sulfonamides is 1. The summed E-state index contributed by atoms with van der Waals surface area (Å²) in [7, 11) is -3.64. The second-order valence-corrected chi connectivity index (χ2v) is 8.96. The molecule has 0 unspecified atom stereocenters. The molecule has 0 amide bonds. The van der Waals surface area contributed by atoms with Gasteiger partial charge in [0.15, 0.2) is 0 Å². The van der Waals surface area contributed by atoms with Crippen molar-refractivity contribution in [1.29, 1.82) is 0 Å². The quantitative estimate of drug-likeness (QED) is 0.325. The average molecular weight is 432 g/mol. The van der Waals surface area contributed by atoms with Crippen molar-refractivity contribution in [3.63, 3.8) is 0 Å². The first kappa shape index (κ1) is 20.4. The average Bonchev–Trinajstić information content (AvgIpc) is 3.19. The summed E-state index contributed by atoms with van der Waals surface area (Å²) in [6.07, 6.45) is 3.28. The highest BCUT2D eigenvalue weighted by Gasteiger charge is 2.30. The number of aromatic nitrogens is 1. The molecule has 4 rings (SSSR count). The van der Waals surface area contributed by atoms with Crippen LogP contribution in [-0.2, 0) is 19.6 Å². The molecule has 0 atom stereocenters. The molecule has 30 heavy (non-hydrogen) atoms. The lowest BCUT2D eigenvalue weighted by Crippen LogP contribution is -2.38. The summed E-state index contributed by atoms with van der Waals surface area (Å²) in [4.78, 5) is 10.4. The third-order valence-corrected chi connectivity index (χ3v) is 7.25. The Hall–Kier alpha value is -2.91. The predicted molar refractivity (Wildman–Crippen MR) is 108 cm³/mol. The van der Waals surface area contributed by atoms with Gasteiger partial charge < -0.3 is 14.0 Å². The Labute approximate surface area is 173 Å². The summed E-state index contributed by atoms with van der Waals surface area (Å²) < 4.78 is 52.4. The van der Waals surface area contributed by atoms with Gasteiger partial charge in [0.05, 0.1) is 10.4 Å². The number of benzene rings is 2. The van der Waals surface area contributed by atoms with Gasteiger partial charge in [-0.15, -0.1) is 0 Å².